The van der Waals surface area contributed by atoms with Gasteiger partial charge in [0, 0.05) is 31.0 Å². The Bertz CT molecular complexity index is 1470. The molecule has 3 aromatic heterocycles. The molecular formula is C26H23ClN4O3. The third-order valence-corrected chi connectivity index (χ3v) is 6.38. The van der Waals surface area contributed by atoms with Gasteiger partial charge in [0.05, 0.1) is 17.2 Å². The van der Waals surface area contributed by atoms with Gasteiger partial charge in [0.2, 0.25) is 0 Å². The quantitative estimate of drug-likeness (QED) is 0.394. The molecule has 1 atom stereocenters. The van der Waals surface area contributed by atoms with Crippen molar-refractivity contribution in [3.63, 3.8) is 0 Å². The summed E-state index contributed by atoms with van der Waals surface area (Å²) >= 11 is 5.90. The Morgan fingerprint density at radius 3 is 2.50 bits per heavy atom. The largest absolute Gasteiger partial charge is 0.476 e. The molecule has 7 nitrogen and oxygen atoms in total. The summed E-state index contributed by atoms with van der Waals surface area (Å²) in [6.45, 7) is 5.36. The van der Waals surface area contributed by atoms with Crippen LogP contribution in [0.15, 0.2) is 65.6 Å². The predicted molar refractivity (Wildman–Crippen MR) is 133 cm³/mol. The molecule has 1 aliphatic rings. The van der Waals surface area contributed by atoms with Crippen molar-refractivity contribution < 1.29 is 9.90 Å². The van der Waals surface area contributed by atoms with Crippen LogP contribution in [0.4, 0.5) is 11.4 Å². The number of benzene rings is 1. The van der Waals surface area contributed by atoms with Gasteiger partial charge in [-0.05, 0) is 54.3 Å². The summed E-state index contributed by atoms with van der Waals surface area (Å²) in [7, 11) is 0. The van der Waals surface area contributed by atoms with Gasteiger partial charge in [0.15, 0.2) is 5.69 Å². The Morgan fingerprint density at radius 2 is 1.82 bits per heavy atom. The second-order valence-electron chi connectivity index (χ2n) is 8.61. The summed E-state index contributed by atoms with van der Waals surface area (Å²) in [4.78, 5) is 30.9. The molecule has 0 bridgehead atoms. The van der Waals surface area contributed by atoms with E-state index in [0.717, 1.165) is 35.4 Å². The third kappa shape index (κ3) is 3.99. The summed E-state index contributed by atoms with van der Waals surface area (Å²) in [5.74, 6) is -1.17. The number of pyridine rings is 3. The molecule has 34 heavy (non-hydrogen) atoms. The van der Waals surface area contributed by atoms with Crippen LogP contribution in [0.1, 0.15) is 45.7 Å². The second-order valence-corrected chi connectivity index (χ2v) is 8.99. The number of aryl methyl sites for hydroxylation is 1. The van der Waals surface area contributed by atoms with Crippen LogP contribution in [0.25, 0.3) is 5.52 Å². The molecule has 4 aromatic rings. The Labute approximate surface area is 201 Å². The first kappa shape index (κ1) is 22.0. The van der Waals surface area contributed by atoms with Gasteiger partial charge in [-0.15, -0.1) is 0 Å². The zero-order valence-corrected chi connectivity index (χ0v) is 19.5. The van der Waals surface area contributed by atoms with E-state index in [9.17, 15) is 14.7 Å². The highest BCUT2D eigenvalue weighted by molar-refractivity contribution is 6.29. The van der Waals surface area contributed by atoms with E-state index in [0.29, 0.717) is 5.69 Å². The first-order valence-corrected chi connectivity index (χ1v) is 11.3. The molecule has 5 rings (SSSR count). The summed E-state index contributed by atoms with van der Waals surface area (Å²) < 4.78 is 1.65. The highest BCUT2D eigenvalue weighted by Gasteiger charge is 2.22. The first-order chi connectivity index (χ1) is 16.3. The second kappa shape index (κ2) is 8.50. The first-order valence-electron chi connectivity index (χ1n) is 11.0. The van der Waals surface area contributed by atoms with E-state index < -0.39 is 5.97 Å². The molecular weight excluding hydrogens is 452 g/mol. The maximum Gasteiger partial charge on any atom is 0.356 e. The Morgan fingerprint density at radius 1 is 1.12 bits per heavy atom. The van der Waals surface area contributed by atoms with Crippen molar-refractivity contribution >= 4 is 34.5 Å². The Balaban J connectivity index is 1.56. The van der Waals surface area contributed by atoms with E-state index in [-0.39, 0.29) is 22.4 Å². The number of hydrogen-bond donors (Lipinski definition) is 2. The molecule has 172 valence electrons. The van der Waals surface area contributed by atoms with E-state index in [2.05, 4.69) is 27.3 Å². The number of carboxylic acid groups (broad SMARTS) is 1. The van der Waals surface area contributed by atoms with Crippen LogP contribution in [0.3, 0.4) is 0 Å². The number of hydrogen-bond acceptors (Lipinski definition) is 5. The fourth-order valence-electron chi connectivity index (χ4n) is 4.55. The minimum atomic E-state index is -1.17. The summed E-state index contributed by atoms with van der Waals surface area (Å²) in [5.41, 5.74) is 6.05. The standard InChI is InChI=1S/C26H23ClN4O3/c1-15-9-20(16(2)28-21-7-8-23(27)29-25(21)26(33)34)22-10-19(11-24(32)31(22)12-15)30-13-17-5-3-4-6-18(17)14-30/h3-12,16,28H,13-14H2,1-2H3,(H,33,34)/t16-/m1/s1. The van der Waals surface area contributed by atoms with Crippen molar-refractivity contribution in [2.45, 2.75) is 33.0 Å². The number of carbonyl (C=O) groups is 1. The van der Waals surface area contributed by atoms with E-state index in [1.54, 1.807) is 22.6 Å². The molecule has 0 spiro atoms. The van der Waals surface area contributed by atoms with Crippen LogP contribution >= 0.6 is 11.6 Å². The van der Waals surface area contributed by atoms with Crippen LogP contribution in [0, 0.1) is 6.92 Å². The van der Waals surface area contributed by atoms with Crippen molar-refractivity contribution in [1.29, 1.82) is 0 Å². The molecule has 0 aliphatic carbocycles. The monoisotopic (exact) mass is 474 g/mol. The van der Waals surface area contributed by atoms with Crippen molar-refractivity contribution in [2.75, 3.05) is 10.2 Å². The highest BCUT2D eigenvalue weighted by atomic mass is 35.5. The number of carboxylic acids is 1. The number of fused-ring (bicyclic) bond motifs is 2. The molecule has 0 saturated heterocycles. The minimum Gasteiger partial charge on any atom is -0.476 e. The number of rotatable bonds is 5. The van der Waals surface area contributed by atoms with E-state index >= 15 is 0 Å². The van der Waals surface area contributed by atoms with Gasteiger partial charge in [-0.2, -0.15) is 0 Å². The average molecular weight is 475 g/mol. The number of nitrogens with one attached hydrogen (secondary N) is 1. The average Bonchev–Trinajstić information content (AvgIpc) is 3.24. The molecule has 0 amide bonds. The summed E-state index contributed by atoms with van der Waals surface area (Å²) in [6.07, 6.45) is 1.82. The molecule has 0 radical (unpaired) electrons. The zero-order chi connectivity index (χ0) is 24.0. The van der Waals surface area contributed by atoms with Gasteiger partial charge >= 0.3 is 5.97 Å². The third-order valence-electron chi connectivity index (χ3n) is 6.17. The van der Waals surface area contributed by atoms with Crippen LogP contribution in [-0.4, -0.2) is 20.5 Å². The van der Waals surface area contributed by atoms with E-state index in [1.165, 1.54) is 11.1 Å². The van der Waals surface area contributed by atoms with Gasteiger partial charge in [-0.1, -0.05) is 41.9 Å². The lowest BCUT2D eigenvalue weighted by molar-refractivity contribution is 0.0691. The number of aromatic nitrogens is 2. The van der Waals surface area contributed by atoms with Crippen molar-refractivity contribution in [3.05, 3.63) is 104 Å². The maximum atomic E-state index is 13.1. The zero-order valence-electron chi connectivity index (χ0n) is 18.7. The van der Waals surface area contributed by atoms with E-state index in [1.807, 2.05) is 44.3 Å². The van der Waals surface area contributed by atoms with Gasteiger partial charge in [0.1, 0.15) is 5.15 Å². The number of nitrogens with zero attached hydrogens (tertiary/aromatic N) is 3. The fraction of sp³-hybridized carbons (Fsp3) is 0.192. The maximum absolute atomic E-state index is 13.1. The highest BCUT2D eigenvalue weighted by Crippen LogP contribution is 2.31. The molecule has 1 aromatic carbocycles. The van der Waals surface area contributed by atoms with Gasteiger partial charge in [-0.3, -0.25) is 9.20 Å². The molecule has 4 heterocycles. The predicted octanol–water partition coefficient (Wildman–Crippen LogP) is 5.05. The lowest BCUT2D eigenvalue weighted by Gasteiger charge is -2.22. The lowest BCUT2D eigenvalue weighted by Crippen LogP contribution is -2.21. The number of anilines is 2. The lowest BCUT2D eigenvalue weighted by atomic mass is 10.0. The molecule has 1 aliphatic heterocycles. The molecule has 0 unspecified atom stereocenters. The molecule has 8 heteroatoms. The van der Waals surface area contributed by atoms with Crippen molar-refractivity contribution in [2.24, 2.45) is 0 Å². The van der Waals surface area contributed by atoms with E-state index in [4.69, 9.17) is 11.6 Å². The molecule has 0 fully saturated rings. The van der Waals surface area contributed by atoms with Gasteiger partial charge in [0.25, 0.3) is 5.56 Å². The molecule has 2 N–H and O–H groups in total. The van der Waals surface area contributed by atoms with Gasteiger partial charge < -0.3 is 15.3 Å². The van der Waals surface area contributed by atoms with Crippen LogP contribution in [0.5, 0.6) is 0 Å². The van der Waals surface area contributed by atoms with Crippen molar-refractivity contribution in [1.82, 2.24) is 9.38 Å². The minimum absolute atomic E-state index is 0.111. The number of halogens is 1. The van der Waals surface area contributed by atoms with Crippen LogP contribution < -0.4 is 15.8 Å². The molecule has 0 saturated carbocycles. The summed E-state index contributed by atoms with van der Waals surface area (Å²) in [5, 5.41) is 12.9. The number of aromatic carboxylic acids is 1. The SMILES string of the molecule is Cc1cc([C@@H](C)Nc2ccc(Cl)nc2C(=O)O)c2cc(N3Cc4ccccc4C3)cc(=O)n2c1. The topological polar surface area (TPSA) is 86.9 Å². The van der Waals surface area contributed by atoms with Crippen molar-refractivity contribution in [3.8, 4) is 0 Å². The van der Waals surface area contributed by atoms with Gasteiger partial charge in [-0.25, -0.2) is 9.78 Å². The fourth-order valence-corrected chi connectivity index (χ4v) is 4.70. The van der Waals surface area contributed by atoms with Crippen LogP contribution in [-0.2, 0) is 13.1 Å². The Kier molecular flexibility index (Phi) is 5.49. The van der Waals surface area contributed by atoms with Crippen LogP contribution in [0.2, 0.25) is 5.15 Å². The smallest absolute Gasteiger partial charge is 0.356 e. The summed E-state index contributed by atoms with van der Waals surface area (Å²) in [6, 6.07) is 16.8. The Hall–Kier alpha value is -3.84. The normalized spacial score (nSPS) is 13.7.